The topological polar surface area (TPSA) is 61.0 Å². The third-order valence-corrected chi connectivity index (χ3v) is 4.36. The summed E-state index contributed by atoms with van der Waals surface area (Å²) in [6.45, 7) is 6.75. The average molecular weight is 288 g/mol. The van der Waals surface area contributed by atoms with Crippen LogP contribution in [0.1, 0.15) is 17.9 Å². The Morgan fingerprint density at radius 2 is 2.33 bits per heavy atom. The third kappa shape index (κ3) is 2.71. The smallest absolute Gasteiger partial charge is 0.137 e. The first-order valence-corrected chi connectivity index (χ1v) is 7.54. The van der Waals surface area contributed by atoms with E-state index >= 15 is 0 Å². The summed E-state index contributed by atoms with van der Waals surface area (Å²) in [6.07, 6.45) is 6.48. The van der Waals surface area contributed by atoms with Crippen LogP contribution in [0.4, 0.5) is 0 Å². The lowest BCUT2D eigenvalue weighted by molar-refractivity contribution is 0.151. The van der Waals surface area contributed by atoms with Crippen molar-refractivity contribution in [3.63, 3.8) is 0 Å². The lowest BCUT2D eigenvalue weighted by atomic mass is 10.1. The second-order valence-electron chi connectivity index (χ2n) is 5.88. The molecule has 0 saturated carbocycles. The monoisotopic (exact) mass is 288 g/mol. The molecule has 0 unspecified atom stereocenters. The Kier molecular flexibility index (Phi) is 3.44. The molecule has 2 aromatic heterocycles. The SMILES string of the molecule is c1ncn(Cc2cnc3n2CCN(C[C@@H]2CCOC2)C3)n1. The van der Waals surface area contributed by atoms with E-state index in [1.54, 1.807) is 12.7 Å². The Bertz CT molecular complexity index is 587. The average Bonchev–Trinajstić information content (AvgIpc) is 3.22. The van der Waals surface area contributed by atoms with Crippen LogP contribution in [-0.2, 0) is 24.4 Å². The standard InChI is InChI=1S/C14H20N6O/c1-4-21-9-12(1)6-18-2-3-20-13(5-16-14(20)8-18)7-19-11-15-10-17-19/h5,10-12H,1-4,6-9H2/t12-/m0/s1. The van der Waals surface area contributed by atoms with Gasteiger partial charge in [-0.25, -0.2) is 14.6 Å². The van der Waals surface area contributed by atoms with Gasteiger partial charge in [-0.2, -0.15) is 5.10 Å². The molecule has 7 nitrogen and oxygen atoms in total. The predicted octanol–water partition coefficient (Wildman–Crippen LogP) is 0.375. The van der Waals surface area contributed by atoms with Gasteiger partial charge in [-0.3, -0.25) is 4.90 Å². The van der Waals surface area contributed by atoms with E-state index in [4.69, 9.17) is 4.74 Å². The number of hydrogen-bond donors (Lipinski definition) is 0. The van der Waals surface area contributed by atoms with E-state index in [1.165, 1.54) is 12.1 Å². The fourth-order valence-corrected chi connectivity index (χ4v) is 3.23. The van der Waals surface area contributed by atoms with Gasteiger partial charge >= 0.3 is 0 Å². The molecular formula is C14H20N6O. The summed E-state index contributed by atoms with van der Waals surface area (Å²) in [5, 5.41) is 4.16. The van der Waals surface area contributed by atoms with E-state index < -0.39 is 0 Å². The van der Waals surface area contributed by atoms with Crippen LogP contribution in [0.25, 0.3) is 0 Å². The van der Waals surface area contributed by atoms with Crippen molar-refractivity contribution in [2.45, 2.75) is 26.1 Å². The van der Waals surface area contributed by atoms with Crippen molar-refractivity contribution < 1.29 is 4.74 Å². The second-order valence-corrected chi connectivity index (χ2v) is 5.88. The summed E-state index contributed by atoms with van der Waals surface area (Å²) in [5.41, 5.74) is 1.21. The van der Waals surface area contributed by atoms with Gasteiger partial charge in [0.1, 0.15) is 18.5 Å². The molecular weight excluding hydrogens is 268 g/mol. The molecule has 1 atom stereocenters. The number of rotatable bonds is 4. The minimum absolute atomic E-state index is 0.695. The van der Waals surface area contributed by atoms with E-state index in [-0.39, 0.29) is 0 Å². The summed E-state index contributed by atoms with van der Waals surface area (Å²) in [5.74, 6) is 1.86. The molecule has 2 aliphatic heterocycles. The van der Waals surface area contributed by atoms with Gasteiger partial charge in [-0.05, 0) is 12.3 Å². The summed E-state index contributed by atoms with van der Waals surface area (Å²) in [6, 6.07) is 0. The van der Waals surface area contributed by atoms with Gasteiger partial charge in [0.2, 0.25) is 0 Å². The molecule has 112 valence electrons. The van der Waals surface area contributed by atoms with Crippen molar-refractivity contribution in [3.05, 3.63) is 30.4 Å². The Hall–Kier alpha value is -1.73. The van der Waals surface area contributed by atoms with Gasteiger partial charge in [0.25, 0.3) is 0 Å². The number of nitrogens with zero attached hydrogens (tertiary/aromatic N) is 6. The summed E-state index contributed by atoms with van der Waals surface area (Å²) >= 11 is 0. The minimum atomic E-state index is 0.695. The van der Waals surface area contributed by atoms with Gasteiger partial charge in [-0.15, -0.1) is 0 Å². The molecule has 0 radical (unpaired) electrons. The molecule has 7 heteroatoms. The molecule has 21 heavy (non-hydrogen) atoms. The van der Waals surface area contributed by atoms with E-state index in [0.29, 0.717) is 5.92 Å². The number of fused-ring (bicyclic) bond motifs is 1. The maximum Gasteiger partial charge on any atom is 0.137 e. The molecule has 4 rings (SSSR count). The zero-order valence-corrected chi connectivity index (χ0v) is 12.1. The van der Waals surface area contributed by atoms with Crippen molar-refractivity contribution in [3.8, 4) is 0 Å². The van der Waals surface area contributed by atoms with Crippen LogP contribution in [0, 0.1) is 5.92 Å². The number of aromatic nitrogens is 5. The lowest BCUT2D eigenvalue weighted by Gasteiger charge is -2.30. The van der Waals surface area contributed by atoms with Gasteiger partial charge in [0.15, 0.2) is 0 Å². The fraction of sp³-hybridized carbons (Fsp3) is 0.643. The van der Waals surface area contributed by atoms with Crippen molar-refractivity contribution in [1.82, 2.24) is 29.2 Å². The predicted molar refractivity (Wildman–Crippen MR) is 75.6 cm³/mol. The van der Waals surface area contributed by atoms with E-state index in [0.717, 1.165) is 51.8 Å². The first-order valence-electron chi connectivity index (χ1n) is 7.54. The molecule has 1 saturated heterocycles. The molecule has 1 fully saturated rings. The second kappa shape index (κ2) is 5.57. The Labute approximate surface area is 123 Å². The van der Waals surface area contributed by atoms with Crippen molar-refractivity contribution in [2.75, 3.05) is 26.3 Å². The quantitative estimate of drug-likeness (QED) is 0.814. The zero-order valence-electron chi connectivity index (χ0n) is 12.1. The van der Waals surface area contributed by atoms with Crippen LogP contribution in [0.2, 0.25) is 0 Å². The van der Waals surface area contributed by atoms with Crippen LogP contribution >= 0.6 is 0 Å². The number of ether oxygens (including phenoxy) is 1. The van der Waals surface area contributed by atoms with Crippen LogP contribution in [0.5, 0.6) is 0 Å². The first-order chi connectivity index (χ1) is 10.4. The van der Waals surface area contributed by atoms with Crippen molar-refractivity contribution >= 4 is 0 Å². The van der Waals surface area contributed by atoms with Crippen molar-refractivity contribution in [2.24, 2.45) is 5.92 Å². The third-order valence-electron chi connectivity index (χ3n) is 4.36. The van der Waals surface area contributed by atoms with Gasteiger partial charge in [0, 0.05) is 26.2 Å². The minimum Gasteiger partial charge on any atom is -0.381 e. The van der Waals surface area contributed by atoms with Crippen LogP contribution in [0.15, 0.2) is 18.9 Å². The van der Waals surface area contributed by atoms with Crippen LogP contribution < -0.4 is 0 Å². The maximum absolute atomic E-state index is 5.47. The Morgan fingerprint density at radius 3 is 3.14 bits per heavy atom. The highest BCUT2D eigenvalue weighted by molar-refractivity contribution is 5.08. The molecule has 0 amide bonds. The summed E-state index contributed by atoms with van der Waals surface area (Å²) in [7, 11) is 0. The highest BCUT2D eigenvalue weighted by Crippen LogP contribution is 2.19. The molecule has 0 aliphatic carbocycles. The molecule has 2 aliphatic rings. The fourth-order valence-electron chi connectivity index (χ4n) is 3.23. The van der Waals surface area contributed by atoms with E-state index in [2.05, 4.69) is 24.5 Å². The van der Waals surface area contributed by atoms with Crippen molar-refractivity contribution in [1.29, 1.82) is 0 Å². The van der Waals surface area contributed by atoms with Crippen LogP contribution in [-0.4, -0.2) is 55.5 Å². The largest absolute Gasteiger partial charge is 0.381 e. The van der Waals surface area contributed by atoms with Gasteiger partial charge in [-0.1, -0.05) is 0 Å². The Morgan fingerprint density at radius 1 is 1.33 bits per heavy atom. The molecule has 0 spiro atoms. The van der Waals surface area contributed by atoms with Gasteiger partial charge < -0.3 is 9.30 Å². The van der Waals surface area contributed by atoms with E-state index in [1.807, 2.05) is 10.9 Å². The summed E-state index contributed by atoms with van der Waals surface area (Å²) in [4.78, 5) is 11.1. The van der Waals surface area contributed by atoms with Gasteiger partial charge in [0.05, 0.1) is 31.6 Å². The van der Waals surface area contributed by atoms with Crippen LogP contribution in [0.3, 0.4) is 0 Å². The molecule has 2 aromatic rings. The maximum atomic E-state index is 5.47. The summed E-state index contributed by atoms with van der Waals surface area (Å²) < 4.78 is 9.63. The highest BCUT2D eigenvalue weighted by atomic mass is 16.5. The number of hydrogen-bond acceptors (Lipinski definition) is 5. The normalized spacial score (nSPS) is 22.6. The molecule has 0 bridgehead atoms. The molecule has 4 heterocycles. The lowest BCUT2D eigenvalue weighted by Crippen LogP contribution is -2.37. The molecule has 0 aromatic carbocycles. The Balaban J connectivity index is 1.43. The highest BCUT2D eigenvalue weighted by Gasteiger charge is 2.24. The first kappa shape index (κ1) is 13.0. The molecule has 0 N–H and O–H groups in total. The zero-order chi connectivity index (χ0) is 14.1. The van der Waals surface area contributed by atoms with E-state index in [9.17, 15) is 0 Å². The number of imidazole rings is 1.